The van der Waals surface area contributed by atoms with Crippen LogP contribution in [0.1, 0.15) is 11.1 Å². The van der Waals surface area contributed by atoms with Crippen LogP contribution in [-0.4, -0.2) is 16.8 Å². The lowest BCUT2D eigenvalue weighted by atomic mass is 10.2. The van der Waals surface area contributed by atoms with Gasteiger partial charge in [-0.05, 0) is 49.7 Å². The van der Waals surface area contributed by atoms with E-state index in [9.17, 15) is 12.8 Å². The number of aryl methyl sites for hydroxylation is 2. The van der Waals surface area contributed by atoms with Gasteiger partial charge in [0, 0.05) is 21.4 Å². The molecule has 4 nitrogen and oxygen atoms in total. The van der Waals surface area contributed by atoms with E-state index in [1.807, 2.05) is 13.0 Å². The van der Waals surface area contributed by atoms with Crippen LogP contribution in [0.3, 0.4) is 0 Å². The van der Waals surface area contributed by atoms with Crippen molar-refractivity contribution in [1.29, 1.82) is 0 Å². The molecule has 0 heterocycles. The normalized spacial score (nSPS) is 11.5. The molecule has 0 saturated heterocycles. The van der Waals surface area contributed by atoms with Gasteiger partial charge in [0.05, 0.1) is 9.79 Å². The highest BCUT2D eigenvalue weighted by molar-refractivity contribution is 8.31. The molecule has 2 rings (SSSR count). The molecular formula is C14H13Cl2FO4S2. The smallest absolute Gasteiger partial charge is 0.219 e. The summed E-state index contributed by atoms with van der Waals surface area (Å²) < 4.78 is 55.8. The number of hydrogen-bond donors (Lipinski definition) is 0. The van der Waals surface area contributed by atoms with E-state index in [2.05, 4.69) is 21.4 Å². The van der Waals surface area contributed by atoms with E-state index in [1.165, 1.54) is 12.1 Å². The summed E-state index contributed by atoms with van der Waals surface area (Å²) in [5, 5.41) is 0. The average Bonchev–Trinajstić information content (AvgIpc) is 2.36. The zero-order valence-electron chi connectivity index (χ0n) is 12.1. The Balaban J connectivity index is 0.000000463. The first kappa shape index (κ1) is 19.9. The highest BCUT2D eigenvalue weighted by Crippen LogP contribution is 2.24. The molecular weight excluding hydrogens is 386 g/mol. The third kappa shape index (κ3) is 6.47. The molecule has 0 fully saturated rings. The minimum atomic E-state index is -3.72. The van der Waals surface area contributed by atoms with Gasteiger partial charge in [-0.3, -0.25) is 0 Å². The predicted molar refractivity (Wildman–Crippen MR) is 88.4 cm³/mol. The van der Waals surface area contributed by atoms with Crippen LogP contribution in [0, 0.1) is 19.7 Å². The average molecular weight is 399 g/mol. The quantitative estimate of drug-likeness (QED) is 0.566. The zero-order chi connectivity index (χ0) is 17.8. The Morgan fingerprint density at radius 1 is 0.870 bits per heavy atom. The molecule has 0 amide bonds. The molecule has 0 aromatic heterocycles. The molecule has 0 unspecified atom stereocenters. The molecule has 23 heavy (non-hydrogen) atoms. The summed E-state index contributed by atoms with van der Waals surface area (Å²) in [7, 11) is 1.24. The second-order valence-corrected chi connectivity index (χ2v) is 10.2. The highest BCUT2D eigenvalue weighted by Gasteiger charge is 2.19. The molecule has 0 aliphatic carbocycles. The number of hydrogen-bond acceptors (Lipinski definition) is 4. The SMILES string of the molecule is Cc1ccc(S(=O)(=O)c2ccc(F)cc2)c(C)c1.O=S(=O)(Cl)Cl. The van der Waals surface area contributed by atoms with Crippen molar-refractivity contribution in [3.8, 4) is 0 Å². The van der Waals surface area contributed by atoms with Gasteiger partial charge in [0.15, 0.2) is 0 Å². The van der Waals surface area contributed by atoms with Gasteiger partial charge in [-0.1, -0.05) is 17.7 Å². The van der Waals surface area contributed by atoms with Crippen molar-refractivity contribution in [3.05, 3.63) is 59.4 Å². The van der Waals surface area contributed by atoms with Crippen molar-refractivity contribution in [1.82, 2.24) is 0 Å². The zero-order valence-corrected chi connectivity index (χ0v) is 15.3. The monoisotopic (exact) mass is 398 g/mol. The fourth-order valence-electron chi connectivity index (χ4n) is 1.84. The van der Waals surface area contributed by atoms with E-state index in [1.54, 1.807) is 19.1 Å². The van der Waals surface area contributed by atoms with Crippen LogP contribution in [0.5, 0.6) is 0 Å². The van der Waals surface area contributed by atoms with Crippen molar-refractivity contribution < 1.29 is 21.2 Å². The van der Waals surface area contributed by atoms with E-state index in [0.717, 1.165) is 17.7 Å². The van der Waals surface area contributed by atoms with Gasteiger partial charge in [0.25, 0.3) is 0 Å². The molecule has 0 bridgehead atoms. The molecule has 0 aliphatic heterocycles. The van der Waals surface area contributed by atoms with Crippen molar-refractivity contribution in [3.63, 3.8) is 0 Å². The molecule has 0 aliphatic rings. The molecule has 126 valence electrons. The number of sulfone groups is 1. The van der Waals surface area contributed by atoms with Gasteiger partial charge in [-0.15, -0.1) is 0 Å². The minimum absolute atomic E-state index is 0.107. The van der Waals surface area contributed by atoms with Crippen molar-refractivity contribution >= 4 is 39.5 Å². The van der Waals surface area contributed by atoms with Gasteiger partial charge in [0.1, 0.15) is 5.82 Å². The van der Waals surface area contributed by atoms with Crippen molar-refractivity contribution in [2.45, 2.75) is 23.6 Å². The summed E-state index contributed by atoms with van der Waals surface area (Å²) in [5.41, 5.74) is 1.70. The molecule has 0 saturated carbocycles. The number of halogens is 3. The predicted octanol–water partition coefficient (Wildman–Crippen LogP) is 3.98. The van der Waals surface area contributed by atoms with E-state index in [4.69, 9.17) is 8.42 Å². The molecule has 0 atom stereocenters. The third-order valence-corrected chi connectivity index (χ3v) is 4.67. The first-order chi connectivity index (χ1) is 10.4. The largest absolute Gasteiger partial charge is 0.317 e. The molecule has 2 aromatic rings. The maximum atomic E-state index is 12.8. The summed E-state index contributed by atoms with van der Waals surface area (Å²) in [4.78, 5) is 0.371. The lowest BCUT2D eigenvalue weighted by Crippen LogP contribution is -2.04. The standard InChI is InChI=1S/C14H13FO2S.Cl2O2S/c1-10-3-8-14(11(2)9-10)18(16,17)13-6-4-12(15)5-7-13;1-5(2,3)4/h3-9H,1-2H3;. The maximum Gasteiger partial charge on any atom is 0.317 e. The lowest BCUT2D eigenvalue weighted by molar-refractivity contribution is 0.594. The maximum absolute atomic E-state index is 12.8. The minimum Gasteiger partial charge on any atom is -0.219 e. The second kappa shape index (κ2) is 7.61. The second-order valence-electron chi connectivity index (χ2n) is 4.60. The van der Waals surface area contributed by atoms with E-state index >= 15 is 0 Å². The summed E-state index contributed by atoms with van der Waals surface area (Å²) in [6, 6.07) is 10.0. The van der Waals surface area contributed by atoms with Crippen LogP contribution in [0.25, 0.3) is 0 Å². The van der Waals surface area contributed by atoms with Crippen LogP contribution in [0.4, 0.5) is 4.39 Å². The van der Waals surface area contributed by atoms with Gasteiger partial charge in [0.2, 0.25) is 9.84 Å². The highest BCUT2D eigenvalue weighted by atomic mass is 36.0. The molecule has 2 aromatic carbocycles. The first-order valence-electron chi connectivity index (χ1n) is 6.13. The Hall–Kier alpha value is -1.15. The topological polar surface area (TPSA) is 68.3 Å². The van der Waals surface area contributed by atoms with Crippen LogP contribution in [0.2, 0.25) is 0 Å². The van der Waals surface area contributed by atoms with E-state index in [-0.39, 0.29) is 9.79 Å². The van der Waals surface area contributed by atoms with E-state index < -0.39 is 23.9 Å². The van der Waals surface area contributed by atoms with Crippen LogP contribution in [0.15, 0.2) is 52.3 Å². The Morgan fingerprint density at radius 3 is 1.78 bits per heavy atom. The molecule has 0 spiro atoms. The van der Waals surface area contributed by atoms with Crippen LogP contribution >= 0.6 is 21.4 Å². The molecule has 9 heteroatoms. The fraction of sp³-hybridized carbons (Fsp3) is 0.143. The Bertz CT molecular complexity index is 885. The van der Waals surface area contributed by atoms with Crippen molar-refractivity contribution in [2.75, 3.05) is 0 Å². The Kier molecular flexibility index (Phi) is 6.59. The Morgan fingerprint density at radius 2 is 1.35 bits per heavy atom. The third-order valence-electron chi connectivity index (χ3n) is 2.74. The molecule has 0 radical (unpaired) electrons. The fourth-order valence-corrected chi connectivity index (χ4v) is 3.32. The van der Waals surface area contributed by atoms with Crippen LogP contribution < -0.4 is 0 Å². The first-order valence-corrected chi connectivity index (χ1v) is 10.8. The number of benzene rings is 2. The van der Waals surface area contributed by atoms with Crippen molar-refractivity contribution in [2.24, 2.45) is 0 Å². The summed E-state index contributed by atoms with van der Waals surface area (Å²) in [6.07, 6.45) is 0. The molecule has 0 N–H and O–H groups in total. The van der Waals surface area contributed by atoms with Gasteiger partial charge in [-0.25, -0.2) is 12.8 Å². The van der Waals surface area contributed by atoms with Crippen LogP contribution in [-0.2, 0) is 18.1 Å². The number of rotatable bonds is 2. The summed E-state index contributed by atoms with van der Waals surface area (Å²) in [5.74, 6) is -0.449. The van der Waals surface area contributed by atoms with Gasteiger partial charge in [-0.2, -0.15) is 8.42 Å². The Labute approximate surface area is 143 Å². The summed E-state index contributed by atoms with van der Waals surface area (Å²) in [6.45, 7) is 3.66. The summed E-state index contributed by atoms with van der Waals surface area (Å²) >= 11 is 0. The van der Waals surface area contributed by atoms with Gasteiger partial charge < -0.3 is 0 Å². The van der Waals surface area contributed by atoms with Gasteiger partial charge >= 0.3 is 8.26 Å². The lowest BCUT2D eigenvalue weighted by Gasteiger charge is -2.08. The van der Waals surface area contributed by atoms with E-state index in [0.29, 0.717) is 5.56 Å².